The standard InChI is InChI=1S/C17H27NO5/c1-3-4-9-21-14-10-12-6-5-11-7-8-13-15(16(19)20-2)23-18(22-14)17(11,12)13/h11-15H,3-10H2,1-2H3. The van der Waals surface area contributed by atoms with Crippen molar-refractivity contribution in [2.75, 3.05) is 13.7 Å². The molecular formula is C17H27NO5. The first-order valence-electron chi connectivity index (χ1n) is 9.05. The molecular weight excluding hydrogens is 298 g/mol. The van der Waals surface area contributed by atoms with Gasteiger partial charge in [-0.15, -0.1) is 0 Å². The SMILES string of the molecule is CCCCOC1CC2CCC3CCC4C(C(=O)OC)ON(O1)C324. The van der Waals surface area contributed by atoms with Crippen LogP contribution in [0, 0.1) is 17.8 Å². The highest BCUT2D eigenvalue weighted by atomic mass is 17.0. The summed E-state index contributed by atoms with van der Waals surface area (Å²) in [4.78, 5) is 24.2. The Morgan fingerprint density at radius 2 is 2.00 bits per heavy atom. The van der Waals surface area contributed by atoms with Gasteiger partial charge in [0.15, 0.2) is 12.4 Å². The van der Waals surface area contributed by atoms with Crippen LogP contribution in [0.3, 0.4) is 0 Å². The summed E-state index contributed by atoms with van der Waals surface area (Å²) in [5, 5.41) is 1.68. The predicted molar refractivity (Wildman–Crippen MR) is 80.7 cm³/mol. The molecule has 0 aromatic carbocycles. The van der Waals surface area contributed by atoms with Crippen LogP contribution in [0.4, 0.5) is 0 Å². The van der Waals surface area contributed by atoms with Crippen LogP contribution in [0.5, 0.6) is 0 Å². The third kappa shape index (κ3) is 2.18. The van der Waals surface area contributed by atoms with E-state index in [1.165, 1.54) is 20.0 Å². The van der Waals surface area contributed by atoms with E-state index < -0.39 is 6.10 Å². The highest BCUT2D eigenvalue weighted by molar-refractivity contribution is 5.75. The highest BCUT2D eigenvalue weighted by Gasteiger charge is 2.72. The Kier molecular flexibility index (Phi) is 4.12. The lowest BCUT2D eigenvalue weighted by Crippen LogP contribution is -2.58. The van der Waals surface area contributed by atoms with Crippen molar-refractivity contribution in [3.63, 3.8) is 0 Å². The molecule has 0 N–H and O–H groups in total. The third-order valence-corrected chi connectivity index (χ3v) is 6.41. The van der Waals surface area contributed by atoms with Crippen molar-refractivity contribution < 1.29 is 23.9 Å². The number of ether oxygens (including phenoxy) is 2. The van der Waals surface area contributed by atoms with Crippen LogP contribution < -0.4 is 0 Å². The number of rotatable bonds is 5. The average molecular weight is 325 g/mol. The van der Waals surface area contributed by atoms with Crippen LogP contribution >= 0.6 is 0 Å². The van der Waals surface area contributed by atoms with Gasteiger partial charge in [-0.25, -0.2) is 9.63 Å². The Morgan fingerprint density at radius 3 is 2.78 bits per heavy atom. The van der Waals surface area contributed by atoms with Gasteiger partial charge in [-0.1, -0.05) is 18.6 Å². The van der Waals surface area contributed by atoms with Gasteiger partial charge in [0.1, 0.15) is 0 Å². The molecule has 6 heteroatoms. The third-order valence-electron chi connectivity index (χ3n) is 6.41. The molecule has 6 atom stereocenters. The second-order valence-electron chi connectivity index (χ2n) is 7.34. The number of carbonyl (C=O) groups is 1. The Balaban J connectivity index is 1.56. The summed E-state index contributed by atoms with van der Waals surface area (Å²) < 4.78 is 10.9. The Labute approximate surface area is 137 Å². The molecule has 6 nitrogen and oxygen atoms in total. The van der Waals surface area contributed by atoms with Gasteiger partial charge in [-0.2, -0.15) is 0 Å². The molecule has 4 aliphatic rings. The number of esters is 1. The molecule has 6 unspecified atom stereocenters. The number of unbranched alkanes of at least 4 members (excludes halogenated alkanes) is 1. The first kappa shape index (κ1) is 15.8. The monoisotopic (exact) mass is 325 g/mol. The van der Waals surface area contributed by atoms with Crippen LogP contribution in [0.1, 0.15) is 51.9 Å². The molecule has 0 radical (unpaired) electrons. The van der Waals surface area contributed by atoms with E-state index in [9.17, 15) is 4.79 Å². The molecule has 0 amide bonds. The van der Waals surface area contributed by atoms with Crippen LogP contribution in [-0.2, 0) is 23.9 Å². The van der Waals surface area contributed by atoms with E-state index in [0.717, 1.165) is 32.1 Å². The minimum absolute atomic E-state index is 0.135. The normalized spacial score (nSPS) is 45.0. The number of hydrogen-bond donors (Lipinski definition) is 0. The number of methoxy groups -OCH3 is 1. The van der Waals surface area contributed by atoms with E-state index >= 15 is 0 Å². The molecule has 1 spiro atoms. The molecule has 2 heterocycles. The molecule has 130 valence electrons. The fourth-order valence-electron chi connectivity index (χ4n) is 5.47. The maximum Gasteiger partial charge on any atom is 0.337 e. The second kappa shape index (κ2) is 5.99. The van der Waals surface area contributed by atoms with Crippen molar-refractivity contribution in [1.29, 1.82) is 0 Å². The molecule has 0 aromatic rings. The average Bonchev–Trinajstić information content (AvgIpc) is 3.18. The van der Waals surface area contributed by atoms with Crippen LogP contribution in [0.25, 0.3) is 0 Å². The summed E-state index contributed by atoms with van der Waals surface area (Å²) in [6.07, 6.45) is 6.80. The maximum atomic E-state index is 12.2. The molecule has 0 aromatic heterocycles. The number of nitrogens with zero attached hydrogens (tertiary/aromatic N) is 1. The van der Waals surface area contributed by atoms with Gasteiger partial charge in [-0.3, -0.25) is 4.84 Å². The van der Waals surface area contributed by atoms with Gasteiger partial charge in [0.2, 0.25) is 0 Å². The lowest BCUT2D eigenvalue weighted by Gasteiger charge is -2.46. The zero-order valence-electron chi connectivity index (χ0n) is 14.0. The molecule has 4 rings (SSSR count). The van der Waals surface area contributed by atoms with E-state index in [1.54, 1.807) is 5.23 Å². The quantitative estimate of drug-likeness (QED) is 0.571. The Hall–Kier alpha value is -0.690. The molecule has 2 aliphatic carbocycles. The Morgan fingerprint density at radius 1 is 1.22 bits per heavy atom. The molecule has 23 heavy (non-hydrogen) atoms. The topological polar surface area (TPSA) is 57.2 Å². The smallest absolute Gasteiger partial charge is 0.337 e. The maximum absolute atomic E-state index is 12.2. The number of hydrogen-bond acceptors (Lipinski definition) is 6. The van der Waals surface area contributed by atoms with Gasteiger partial charge < -0.3 is 9.47 Å². The van der Waals surface area contributed by atoms with Crippen molar-refractivity contribution in [2.45, 2.75) is 69.8 Å². The van der Waals surface area contributed by atoms with Gasteiger partial charge in [0.05, 0.1) is 12.6 Å². The van der Waals surface area contributed by atoms with Crippen LogP contribution in [-0.4, -0.2) is 42.8 Å². The number of carbonyl (C=O) groups excluding carboxylic acids is 1. The minimum Gasteiger partial charge on any atom is -0.467 e. The van der Waals surface area contributed by atoms with Crippen LogP contribution in [0.15, 0.2) is 0 Å². The summed E-state index contributed by atoms with van der Waals surface area (Å²) in [5.74, 6) is 0.944. The van der Waals surface area contributed by atoms with Crippen molar-refractivity contribution in [3.05, 3.63) is 0 Å². The van der Waals surface area contributed by atoms with Gasteiger partial charge in [-0.05, 0) is 43.9 Å². The zero-order chi connectivity index (χ0) is 16.0. The zero-order valence-corrected chi connectivity index (χ0v) is 14.0. The highest BCUT2D eigenvalue weighted by Crippen LogP contribution is 2.64. The van der Waals surface area contributed by atoms with Crippen molar-refractivity contribution >= 4 is 5.97 Å². The fraction of sp³-hybridized carbons (Fsp3) is 0.941. The predicted octanol–water partition coefficient (Wildman–Crippen LogP) is 2.43. The molecule has 2 aliphatic heterocycles. The minimum atomic E-state index is -0.528. The summed E-state index contributed by atoms with van der Waals surface area (Å²) in [6.45, 7) is 2.86. The summed E-state index contributed by atoms with van der Waals surface area (Å²) in [6, 6.07) is 0. The van der Waals surface area contributed by atoms with Gasteiger partial charge in [0, 0.05) is 18.9 Å². The van der Waals surface area contributed by atoms with Gasteiger partial charge >= 0.3 is 5.97 Å². The lowest BCUT2D eigenvalue weighted by atomic mass is 9.73. The summed E-state index contributed by atoms with van der Waals surface area (Å²) >= 11 is 0. The summed E-state index contributed by atoms with van der Waals surface area (Å²) in [5.41, 5.74) is -0.135. The number of hydroxylamine groups is 2. The summed E-state index contributed by atoms with van der Waals surface area (Å²) in [7, 11) is 1.43. The largest absolute Gasteiger partial charge is 0.467 e. The first-order chi connectivity index (χ1) is 11.2. The Bertz CT molecular complexity index is 472. The van der Waals surface area contributed by atoms with E-state index in [0.29, 0.717) is 18.4 Å². The van der Waals surface area contributed by atoms with Crippen molar-refractivity contribution in [3.8, 4) is 0 Å². The molecule has 4 fully saturated rings. The fourth-order valence-corrected chi connectivity index (χ4v) is 5.47. The van der Waals surface area contributed by atoms with Crippen molar-refractivity contribution in [2.24, 2.45) is 17.8 Å². The van der Waals surface area contributed by atoms with E-state index in [1.807, 2.05) is 0 Å². The molecule has 0 bridgehead atoms. The molecule has 2 saturated heterocycles. The van der Waals surface area contributed by atoms with E-state index in [2.05, 4.69) is 6.92 Å². The van der Waals surface area contributed by atoms with E-state index in [-0.39, 0.29) is 23.7 Å². The first-order valence-corrected chi connectivity index (χ1v) is 9.05. The van der Waals surface area contributed by atoms with E-state index in [4.69, 9.17) is 19.1 Å². The van der Waals surface area contributed by atoms with Gasteiger partial charge in [0.25, 0.3) is 0 Å². The lowest BCUT2D eigenvalue weighted by molar-refractivity contribution is -0.462. The second-order valence-corrected chi connectivity index (χ2v) is 7.34. The van der Waals surface area contributed by atoms with Crippen LogP contribution in [0.2, 0.25) is 0 Å². The molecule has 2 saturated carbocycles. The van der Waals surface area contributed by atoms with Crippen molar-refractivity contribution in [1.82, 2.24) is 5.23 Å².